The summed E-state index contributed by atoms with van der Waals surface area (Å²) in [4.78, 5) is 14.0. The third-order valence-electron chi connectivity index (χ3n) is 3.32. The highest BCUT2D eigenvalue weighted by Crippen LogP contribution is 2.22. The Morgan fingerprint density at radius 3 is 2.94 bits per heavy atom. The minimum Gasteiger partial charge on any atom is -0.497 e. The first-order valence-corrected chi connectivity index (χ1v) is 6.77. The molecule has 1 amide bonds. The highest BCUT2D eigenvalue weighted by Gasteiger charge is 2.20. The quantitative estimate of drug-likeness (QED) is 0.783. The smallest absolute Gasteiger partial charge is 0.227 e. The second-order valence-corrected chi connectivity index (χ2v) is 4.86. The lowest BCUT2D eigenvalue weighted by molar-refractivity contribution is -0.130. The molecule has 0 saturated heterocycles. The van der Waals surface area contributed by atoms with Crippen molar-refractivity contribution in [2.75, 3.05) is 26.1 Å². The lowest BCUT2D eigenvalue weighted by atomic mass is 10.0. The van der Waals surface area contributed by atoms with Crippen molar-refractivity contribution in [2.24, 2.45) is 0 Å². The summed E-state index contributed by atoms with van der Waals surface area (Å²) in [6.45, 7) is 1.53. The summed E-state index contributed by atoms with van der Waals surface area (Å²) in [5.41, 5.74) is 2.34. The van der Waals surface area contributed by atoms with Crippen LogP contribution in [0, 0.1) is 0 Å². The van der Waals surface area contributed by atoms with Gasteiger partial charge in [0, 0.05) is 19.0 Å². The average Bonchev–Trinajstić information content (AvgIpc) is 2.54. The fourth-order valence-corrected chi connectivity index (χ4v) is 2.40. The SMILES string of the molecule is COc1ccc2c(c1)CCN(CCCCl)C(=O)C2. The van der Waals surface area contributed by atoms with E-state index in [1.807, 2.05) is 23.1 Å². The van der Waals surface area contributed by atoms with Crippen LogP contribution < -0.4 is 4.74 Å². The topological polar surface area (TPSA) is 29.5 Å². The van der Waals surface area contributed by atoms with E-state index in [-0.39, 0.29) is 5.91 Å². The first kappa shape index (κ1) is 13.2. The molecule has 3 nitrogen and oxygen atoms in total. The van der Waals surface area contributed by atoms with E-state index in [4.69, 9.17) is 16.3 Å². The summed E-state index contributed by atoms with van der Waals surface area (Å²) >= 11 is 5.68. The van der Waals surface area contributed by atoms with Crippen molar-refractivity contribution >= 4 is 17.5 Å². The van der Waals surface area contributed by atoms with Gasteiger partial charge >= 0.3 is 0 Å². The predicted octanol–water partition coefficient (Wildman–Crippen LogP) is 2.25. The Morgan fingerprint density at radius 2 is 2.22 bits per heavy atom. The van der Waals surface area contributed by atoms with Crippen molar-refractivity contribution in [2.45, 2.75) is 19.3 Å². The van der Waals surface area contributed by atoms with Crippen LogP contribution in [0.2, 0.25) is 0 Å². The van der Waals surface area contributed by atoms with Gasteiger partial charge < -0.3 is 9.64 Å². The maximum atomic E-state index is 12.1. The van der Waals surface area contributed by atoms with E-state index < -0.39 is 0 Å². The van der Waals surface area contributed by atoms with Crippen LogP contribution in [0.5, 0.6) is 5.75 Å². The predicted molar refractivity (Wildman–Crippen MR) is 72.3 cm³/mol. The minimum absolute atomic E-state index is 0.198. The van der Waals surface area contributed by atoms with Crippen molar-refractivity contribution < 1.29 is 9.53 Å². The number of halogens is 1. The molecule has 0 bridgehead atoms. The van der Waals surface area contributed by atoms with Crippen molar-refractivity contribution in [3.63, 3.8) is 0 Å². The van der Waals surface area contributed by atoms with Crippen LogP contribution in [-0.4, -0.2) is 36.9 Å². The number of ether oxygens (including phenoxy) is 1. The van der Waals surface area contributed by atoms with Gasteiger partial charge in [-0.25, -0.2) is 0 Å². The van der Waals surface area contributed by atoms with Crippen LogP contribution in [0.25, 0.3) is 0 Å². The zero-order valence-corrected chi connectivity index (χ0v) is 11.4. The molecule has 0 spiro atoms. The molecule has 0 N–H and O–H groups in total. The first-order valence-electron chi connectivity index (χ1n) is 6.24. The molecule has 1 heterocycles. The van der Waals surface area contributed by atoms with Gasteiger partial charge in [-0.3, -0.25) is 4.79 Å². The van der Waals surface area contributed by atoms with Gasteiger partial charge in [-0.1, -0.05) is 6.07 Å². The van der Waals surface area contributed by atoms with Crippen molar-refractivity contribution in [1.29, 1.82) is 0 Å². The van der Waals surface area contributed by atoms with Crippen LogP contribution in [-0.2, 0) is 17.6 Å². The Labute approximate surface area is 113 Å². The number of hydrogen-bond acceptors (Lipinski definition) is 2. The lowest BCUT2D eigenvalue weighted by Gasteiger charge is -2.19. The van der Waals surface area contributed by atoms with E-state index in [0.717, 1.165) is 37.2 Å². The number of amides is 1. The normalized spacial score (nSPS) is 15.2. The monoisotopic (exact) mass is 267 g/mol. The molecule has 1 aromatic rings. The van der Waals surface area contributed by atoms with Crippen molar-refractivity contribution in [3.05, 3.63) is 29.3 Å². The first-order chi connectivity index (χ1) is 8.74. The number of methoxy groups -OCH3 is 1. The van der Waals surface area contributed by atoms with E-state index in [1.165, 1.54) is 5.56 Å². The number of benzene rings is 1. The molecule has 98 valence electrons. The highest BCUT2D eigenvalue weighted by molar-refractivity contribution is 6.17. The summed E-state index contributed by atoms with van der Waals surface area (Å²) < 4.78 is 5.22. The largest absolute Gasteiger partial charge is 0.497 e. The zero-order chi connectivity index (χ0) is 13.0. The molecular formula is C14H18ClNO2. The number of carbonyl (C=O) groups is 1. The molecular weight excluding hydrogens is 250 g/mol. The maximum absolute atomic E-state index is 12.1. The number of carbonyl (C=O) groups excluding carboxylic acids is 1. The van der Waals surface area contributed by atoms with Gasteiger partial charge in [0.15, 0.2) is 0 Å². The number of hydrogen-bond donors (Lipinski definition) is 0. The second kappa shape index (κ2) is 6.10. The molecule has 4 heteroatoms. The van der Waals surface area contributed by atoms with Crippen LogP contribution in [0.4, 0.5) is 0 Å². The molecule has 1 aliphatic heterocycles. The Kier molecular flexibility index (Phi) is 4.48. The van der Waals surface area contributed by atoms with Gasteiger partial charge in [0.2, 0.25) is 5.91 Å². The number of alkyl halides is 1. The maximum Gasteiger partial charge on any atom is 0.227 e. The highest BCUT2D eigenvalue weighted by atomic mass is 35.5. The molecule has 0 radical (unpaired) electrons. The van der Waals surface area contributed by atoms with E-state index in [2.05, 4.69) is 0 Å². The van der Waals surface area contributed by atoms with E-state index in [1.54, 1.807) is 7.11 Å². The van der Waals surface area contributed by atoms with Crippen molar-refractivity contribution in [1.82, 2.24) is 4.90 Å². The summed E-state index contributed by atoms with van der Waals surface area (Å²) in [7, 11) is 1.66. The summed E-state index contributed by atoms with van der Waals surface area (Å²) in [5.74, 6) is 1.66. The number of rotatable bonds is 4. The number of fused-ring (bicyclic) bond motifs is 1. The Balaban J connectivity index is 2.13. The van der Waals surface area contributed by atoms with Crippen molar-refractivity contribution in [3.8, 4) is 5.75 Å². The average molecular weight is 268 g/mol. The summed E-state index contributed by atoms with van der Waals surface area (Å²) in [6, 6.07) is 5.95. The van der Waals surface area contributed by atoms with E-state index >= 15 is 0 Å². The van der Waals surface area contributed by atoms with Crippen LogP contribution in [0.3, 0.4) is 0 Å². The molecule has 0 saturated carbocycles. The van der Waals surface area contributed by atoms with E-state index in [0.29, 0.717) is 12.3 Å². The van der Waals surface area contributed by atoms with Gasteiger partial charge in [-0.15, -0.1) is 11.6 Å². The molecule has 2 rings (SSSR count). The summed E-state index contributed by atoms with van der Waals surface area (Å²) in [6.07, 6.45) is 2.23. The fraction of sp³-hybridized carbons (Fsp3) is 0.500. The van der Waals surface area contributed by atoms with Gasteiger partial charge in [-0.05, 0) is 36.1 Å². The van der Waals surface area contributed by atoms with Crippen LogP contribution >= 0.6 is 11.6 Å². The molecule has 0 atom stereocenters. The minimum atomic E-state index is 0.198. The third-order valence-corrected chi connectivity index (χ3v) is 3.59. The zero-order valence-electron chi connectivity index (χ0n) is 10.6. The number of nitrogens with zero attached hydrogens (tertiary/aromatic N) is 1. The van der Waals surface area contributed by atoms with Crippen LogP contribution in [0.15, 0.2) is 18.2 Å². The lowest BCUT2D eigenvalue weighted by Crippen LogP contribution is -2.33. The molecule has 0 unspecified atom stereocenters. The summed E-state index contributed by atoms with van der Waals surface area (Å²) in [5, 5.41) is 0. The molecule has 0 fully saturated rings. The third kappa shape index (κ3) is 2.96. The second-order valence-electron chi connectivity index (χ2n) is 4.48. The molecule has 0 aromatic heterocycles. The Bertz CT molecular complexity index is 434. The van der Waals surface area contributed by atoms with E-state index in [9.17, 15) is 4.79 Å². The van der Waals surface area contributed by atoms with Gasteiger partial charge in [-0.2, -0.15) is 0 Å². The molecule has 18 heavy (non-hydrogen) atoms. The standard InChI is InChI=1S/C14H18ClNO2/c1-18-13-4-3-11-10-14(17)16(7-2-6-15)8-5-12(11)9-13/h3-4,9H,2,5-8,10H2,1H3. The molecule has 1 aliphatic rings. The van der Waals surface area contributed by atoms with Gasteiger partial charge in [0.1, 0.15) is 5.75 Å². The fourth-order valence-electron chi connectivity index (χ4n) is 2.28. The van der Waals surface area contributed by atoms with Gasteiger partial charge in [0.05, 0.1) is 13.5 Å². The van der Waals surface area contributed by atoms with Crippen LogP contribution in [0.1, 0.15) is 17.5 Å². The van der Waals surface area contributed by atoms with Gasteiger partial charge in [0.25, 0.3) is 0 Å². The molecule has 1 aromatic carbocycles. The molecule has 0 aliphatic carbocycles. The Morgan fingerprint density at radius 1 is 1.39 bits per heavy atom. The Hall–Kier alpha value is -1.22.